The lowest BCUT2D eigenvalue weighted by Crippen LogP contribution is -2.57. The number of carboxylic acids is 1. The van der Waals surface area contributed by atoms with Crippen LogP contribution in [0, 0.1) is 11.3 Å². The molecule has 2 aliphatic carbocycles. The minimum atomic E-state index is -1.53. The van der Waals surface area contributed by atoms with E-state index in [9.17, 15) is 29.4 Å². The number of likely N-dealkylation sites (tertiary alicyclic amines) is 1. The molecule has 58 heavy (non-hydrogen) atoms. The summed E-state index contributed by atoms with van der Waals surface area (Å²) in [7, 11) is 1.57. The molecule has 1 saturated carbocycles. The Morgan fingerprint density at radius 2 is 1.79 bits per heavy atom. The first kappa shape index (κ1) is 40.3. The number of pyridine rings is 1. The van der Waals surface area contributed by atoms with E-state index in [1.54, 1.807) is 13.2 Å². The summed E-state index contributed by atoms with van der Waals surface area (Å²) in [5.41, 5.74) is 2.18. The number of carboxylic acid groups (broad SMARTS) is 1. The molecular weight excluding hydrogens is 739 g/mol. The van der Waals surface area contributed by atoms with Gasteiger partial charge in [0.15, 0.2) is 0 Å². The molecule has 304 valence electrons. The number of nitrogens with one attached hydrogen (secondary N) is 3. The first-order valence-electron chi connectivity index (χ1n) is 19.7. The molecule has 1 aliphatic heterocycles. The third-order valence-corrected chi connectivity index (χ3v) is 11.5. The Balaban J connectivity index is 1.18. The van der Waals surface area contributed by atoms with Gasteiger partial charge in [-0.2, -0.15) is 0 Å². The molecule has 3 aliphatic rings. The molecule has 3 aromatic carbocycles. The minimum absolute atomic E-state index is 0.0399. The molecule has 1 saturated heterocycles. The maximum absolute atomic E-state index is 14.4. The van der Waals surface area contributed by atoms with Crippen molar-refractivity contribution in [3.05, 3.63) is 103 Å². The molecule has 1 aromatic heterocycles. The van der Waals surface area contributed by atoms with Crippen LogP contribution in [-0.2, 0) is 20.8 Å². The van der Waals surface area contributed by atoms with Gasteiger partial charge in [-0.15, -0.1) is 6.58 Å². The van der Waals surface area contributed by atoms with E-state index in [4.69, 9.17) is 14.5 Å². The van der Waals surface area contributed by atoms with Crippen molar-refractivity contribution in [3.63, 3.8) is 0 Å². The number of methoxy groups -OCH3 is 1. The molecule has 2 fully saturated rings. The number of carbonyl (C=O) groups is 4. The van der Waals surface area contributed by atoms with Crippen molar-refractivity contribution in [2.75, 3.05) is 13.7 Å². The van der Waals surface area contributed by atoms with E-state index in [0.717, 1.165) is 16.7 Å². The van der Waals surface area contributed by atoms with Gasteiger partial charge in [0.2, 0.25) is 11.8 Å². The number of aliphatic hydroxyl groups excluding tert-OH is 1. The normalized spacial score (nSPS) is 24.0. The number of carbonyl (C=O) groups excluding carboxylic acids is 3. The SMILES string of the molecule is C=C[C@@H]1C[C@]1(NC(=O)[C@@H]1C[C@@H](Oc2cc(-c3ccccc3)nc3cc(OC)ccc23)CN1C(=O)N[C@@H](CCC(C)(C)C)C(=O)N[C@H]1c2ccccc2C[C@H]1O)C(=O)O. The van der Waals surface area contributed by atoms with Crippen molar-refractivity contribution in [3.8, 4) is 22.8 Å². The average molecular weight is 790 g/mol. The van der Waals surface area contributed by atoms with Crippen LogP contribution < -0.4 is 25.4 Å². The largest absolute Gasteiger partial charge is 0.497 e. The van der Waals surface area contributed by atoms with Gasteiger partial charge in [0.1, 0.15) is 35.2 Å². The van der Waals surface area contributed by atoms with Gasteiger partial charge < -0.3 is 40.5 Å². The fourth-order valence-corrected chi connectivity index (χ4v) is 8.09. The predicted octanol–water partition coefficient (Wildman–Crippen LogP) is 5.56. The zero-order valence-electron chi connectivity index (χ0n) is 33.2. The van der Waals surface area contributed by atoms with Gasteiger partial charge in [-0.05, 0) is 47.9 Å². The van der Waals surface area contributed by atoms with Crippen LogP contribution in [-0.4, -0.2) is 87.4 Å². The molecular formula is C45H51N5O8. The lowest BCUT2D eigenvalue weighted by Gasteiger charge is -2.30. The number of amides is 4. The summed E-state index contributed by atoms with van der Waals surface area (Å²) in [5, 5.41) is 30.3. The number of benzene rings is 3. The number of aromatic nitrogens is 1. The highest BCUT2D eigenvalue weighted by atomic mass is 16.5. The molecule has 5 N–H and O–H groups in total. The maximum atomic E-state index is 14.4. The van der Waals surface area contributed by atoms with Crippen molar-refractivity contribution in [1.29, 1.82) is 0 Å². The Labute approximate surface area is 337 Å². The first-order valence-corrected chi connectivity index (χ1v) is 19.7. The quantitative estimate of drug-likeness (QED) is 0.109. The molecule has 4 aromatic rings. The summed E-state index contributed by atoms with van der Waals surface area (Å²) in [5.74, 6) is -1.68. The smallest absolute Gasteiger partial charge is 0.330 e. The van der Waals surface area contributed by atoms with Crippen LogP contribution in [0.15, 0.2) is 91.5 Å². The van der Waals surface area contributed by atoms with Crippen molar-refractivity contribution in [1.82, 2.24) is 25.8 Å². The highest BCUT2D eigenvalue weighted by molar-refractivity contribution is 5.95. The summed E-state index contributed by atoms with van der Waals surface area (Å²) < 4.78 is 12.2. The second-order valence-corrected chi connectivity index (χ2v) is 16.8. The van der Waals surface area contributed by atoms with E-state index >= 15 is 0 Å². The highest BCUT2D eigenvalue weighted by Gasteiger charge is 2.61. The third-order valence-electron chi connectivity index (χ3n) is 11.5. The Kier molecular flexibility index (Phi) is 11.2. The first-order chi connectivity index (χ1) is 27.7. The molecule has 2 heterocycles. The lowest BCUT2D eigenvalue weighted by atomic mass is 9.88. The Morgan fingerprint density at radius 3 is 2.48 bits per heavy atom. The van der Waals surface area contributed by atoms with Crippen LogP contribution in [0.1, 0.15) is 63.6 Å². The third kappa shape index (κ3) is 8.36. The second kappa shape index (κ2) is 16.1. The van der Waals surface area contributed by atoms with Crippen LogP contribution in [0.4, 0.5) is 4.79 Å². The van der Waals surface area contributed by atoms with Crippen LogP contribution in [0.2, 0.25) is 0 Å². The van der Waals surface area contributed by atoms with Gasteiger partial charge >= 0.3 is 12.0 Å². The summed E-state index contributed by atoms with van der Waals surface area (Å²) in [6, 6.07) is 20.9. The van der Waals surface area contributed by atoms with Gasteiger partial charge in [0, 0.05) is 41.8 Å². The van der Waals surface area contributed by atoms with Crippen LogP contribution in [0.5, 0.6) is 11.5 Å². The van der Waals surface area contributed by atoms with E-state index in [-0.39, 0.29) is 31.2 Å². The summed E-state index contributed by atoms with van der Waals surface area (Å²) in [6.45, 7) is 9.81. The topological polar surface area (TPSA) is 179 Å². The Bertz CT molecular complexity index is 2220. The van der Waals surface area contributed by atoms with Crippen molar-refractivity contribution in [2.24, 2.45) is 11.3 Å². The number of urea groups is 1. The fraction of sp³-hybridized carbons (Fsp3) is 0.400. The van der Waals surface area contributed by atoms with Crippen LogP contribution in [0.25, 0.3) is 22.2 Å². The van der Waals surface area contributed by atoms with E-state index in [1.807, 2.05) is 93.6 Å². The zero-order chi connectivity index (χ0) is 41.4. The standard InChI is InChI=1S/C45H51N5O8/c1-6-28-24-45(28,42(54)55)49-41(53)36-22-30(58-38-23-34(26-12-8-7-9-13-26)46-35-21-29(57-5)16-17-32(35)38)25-50(36)43(56)47-33(18-19-44(2,3)4)40(52)48-39-31-15-11-10-14-27(31)20-37(39)51/h6-17,21,23,28,30,33,36-37,39,51H,1,18-20,22,24-25H2,2-5H3,(H,47,56)(H,48,52)(H,49,53)(H,54,55)/t28-,30-,33+,36+,37-,39+,45-/m1/s1. The monoisotopic (exact) mass is 789 g/mol. The number of hydrogen-bond donors (Lipinski definition) is 5. The van der Waals surface area contributed by atoms with Crippen molar-refractivity contribution in [2.45, 2.75) is 88.7 Å². The van der Waals surface area contributed by atoms with Crippen molar-refractivity contribution >= 4 is 34.7 Å². The van der Waals surface area contributed by atoms with E-state index < -0.39 is 65.6 Å². The Hall–Kier alpha value is -5.95. The minimum Gasteiger partial charge on any atom is -0.497 e. The number of hydrogen-bond acceptors (Lipinski definition) is 8. The maximum Gasteiger partial charge on any atom is 0.330 e. The predicted molar refractivity (Wildman–Crippen MR) is 218 cm³/mol. The number of fused-ring (bicyclic) bond motifs is 2. The van der Waals surface area contributed by atoms with Crippen LogP contribution in [0.3, 0.4) is 0 Å². The molecule has 7 rings (SSSR count). The van der Waals surface area contributed by atoms with Crippen molar-refractivity contribution < 1.29 is 38.9 Å². The number of rotatable bonds is 13. The van der Waals surface area contributed by atoms with Gasteiger partial charge in [-0.3, -0.25) is 9.59 Å². The molecule has 0 unspecified atom stereocenters. The Morgan fingerprint density at radius 1 is 1.05 bits per heavy atom. The summed E-state index contributed by atoms with van der Waals surface area (Å²) in [6.07, 6.45) is 1.44. The molecule has 13 nitrogen and oxygen atoms in total. The zero-order valence-corrected chi connectivity index (χ0v) is 33.2. The number of aliphatic carboxylic acids is 1. The summed E-state index contributed by atoms with van der Waals surface area (Å²) in [4.78, 5) is 61.2. The number of nitrogens with zero attached hydrogens (tertiary/aromatic N) is 2. The fourth-order valence-electron chi connectivity index (χ4n) is 8.09. The van der Waals surface area contributed by atoms with E-state index in [1.165, 1.54) is 11.0 Å². The number of aliphatic hydroxyl groups is 1. The number of ether oxygens (including phenoxy) is 2. The highest BCUT2D eigenvalue weighted by Crippen LogP contribution is 2.45. The average Bonchev–Trinajstić information content (AvgIpc) is 3.61. The lowest BCUT2D eigenvalue weighted by molar-refractivity contribution is -0.144. The van der Waals surface area contributed by atoms with Gasteiger partial charge in [-0.1, -0.05) is 81.4 Å². The molecule has 0 radical (unpaired) electrons. The van der Waals surface area contributed by atoms with E-state index in [0.29, 0.717) is 40.9 Å². The van der Waals surface area contributed by atoms with Gasteiger partial charge in [-0.25, -0.2) is 14.6 Å². The van der Waals surface area contributed by atoms with E-state index in [2.05, 4.69) is 22.5 Å². The molecule has 0 spiro atoms. The molecule has 13 heteroatoms. The van der Waals surface area contributed by atoms with Gasteiger partial charge in [0.25, 0.3) is 0 Å². The second-order valence-electron chi connectivity index (χ2n) is 16.8. The molecule has 7 atom stereocenters. The summed E-state index contributed by atoms with van der Waals surface area (Å²) >= 11 is 0. The molecule has 0 bridgehead atoms. The van der Waals surface area contributed by atoms with Crippen LogP contribution >= 0.6 is 0 Å². The molecule has 4 amide bonds. The van der Waals surface area contributed by atoms with Gasteiger partial charge in [0.05, 0.1) is 37.0 Å².